The van der Waals surface area contributed by atoms with E-state index in [0.717, 1.165) is 18.2 Å². The molecule has 1 aliphatic heterocycles. The highest BCUT2D eigenvalue weighted by Gasteiger charge is 2.19. The van der Waals surface area contributed by atoms with E-state index >= 15 is 0 Å². The van der Waals surface area contributed by atoms with Crippen molar-refractivity contribution < 1.29 is 14.3 Å². The average Bonchev–Trinajstić information content (AvgIpc) is 3.23. The molecule has 1 saturated heterocycles. The van der Waals surface area contributed by atoms with Gasteiger partial charge < -0.3 is 9.64 Å². The van der Waals surface area contributed by atoms with Crippen LogP contribution in [0.5, 0.6) is 0 Å². The van der Waals surface area contributed by atoms with Crippen molar-refractivity contribution in [1.82, 2.24) is 26.0 Å². The highest BCUT2D eigenvalue weighted by Crippen LogP contribution is 2.21. The molecule has 0 radical (unpaired) electrons. The second-order valence-electron chi connectivity index (χ2n) is 5.97. The summed E-state index contributed by atoms with van der Waals surface area (Å²) < 4.78 is 5.30. The number of carbonyl (C=O) groups is 2. The van der Waals surface area contributed by atoms with Crippen LogP contribution in [0.25, 0.3) is 10.8 Å². The molecule has 3 aromatic rings. The molecule has 144 valence electrons. The Morgan fingerprint density at radius 3 is 2.61 bits per heavy atom. The van der Waals surface area contributed by atoms with E-state index in [0.29, 0.717) is 24.0 Å². The summed E-state index contributed by atoms with van der Waals surface area (Å²) in [6, 6.07) is 6.59. The van der Waals surface area contributed by atoms with Crippen LogP contribution in [0, 0.1) is 0 Å². The maximum Gasteiger partial charge on any atom is 0.290 e. The first-order chi connectivity index (χ1) is 13.6. The average molecular weight is 400 g/mol. The number of aromatic nitrogens is 3. The van der Waals surface area contributed by atoms with Gasteiger partial charge in [0.05, 0.1) is 18.6 Å². The Balaban J connectivity index is 1.44. The maximum absolute atomic E-state index is 12.4. The Morgan fingerprint density at radius 2 is 1.82 bits per heavy atom. The number of carbonyl (C=O) groups excluding carboxylic acids is 2. The van der Waals surface area contributed by atoms with Crippen molar-refractivity contribution in [3.05, 3.63) is 51.4 Å². The fourth-order valence-electron chi connectivity index (χ4n) is 2.79. The lowest BCUT2D eigenvalue weighted by atomic mass is 10.1. The molecular formula is C17H16N6O4S. The number of morpholine rings is 1. The Morgan fingerprint density at radius 1 is 1.11 bits per heavy atom. The number of nitrogens with zero attached hydrogens (tertiary/aromatic N) is 3. The Hall–Kier alpha value is -3.31. The topological polar surface area (TPSA) is 129 Å². The van der Waals surface area contributed by atoms with Crippen LogP contribution in [0.4, 0.5) is 5.13 Å². The second kappa shape index (κ2) is 7.74. The van der Waals surface area contributed by atoms with Crippen LogP contribution in [0.2, 0.25) is 0 Å². The summed E-state index contributed by atoms with van der Waals surface area (Å²) in [4.78, 5) is 42.8. The molecular weight excluding hydrogens is 384 g/mol. The zero-order chi connectivity index (χ0) is 19.5. The van der Waals surface area contributed by atoms with Gasteiger partial charge in [-0.2, -0.15) is 5.10 Å². The van der Waals surface area contributed by atoms with Crippen LogP contribution in [-0.4, -0.2) is 53.3 Å². The Kier molecular flexibility index (Phi) is 5.00. The van der Waals surface area contributed by atoms with Crippen molar-refractivity contribution in [1.29, 1.82) is 0 Å². The summed E-state index contributed by atoms with van der Waals surface area (Å²) in [6.45, 7) is 2.68. The zero-order valence-corrected chi connectivity index (χ0v) is 15.4. The number of amides is 2. The van der Waals surface area contributed by atoms with Gasteiger partial charge in [-0.15, -0.1) is 11.3 Å². The van der Waals surface area contributed by atoms with Gasteiger partial charge in [-0.1, -0.05) is 18.2 Å². The van der Waals surface area contributed by atoms with Crippen LogP contribution >= 0.6 is 11.3 Å². The van der Waals surface area contributed by atoms with Crippen LogP contribution in [0.1, 0.15) is 21.0 Å². The quantitative estimate of drug-likeness (QED) is 0.539. The fraction of sp³-hybridized carbons (Fsp3) is 0.235. The smallest absolute Gasteiger partial charge is 0.290 e. The molecule has 0 spiro atoms. The summed E-state index contributed by atoms with van der Waals surface area (Å²) in [5.74, 6) is -1.19. The number of thiazole rings is 1. The monoisotopic (exact) mass is 400 g/mol. The predicted molar refractivity (Wildman–Crippen MR) is 102 cm³/mol. The number of anilines is 1. The van der Waals surface area contributed by atoms with E-state index in [2.05, 4.69) is 26.0 Å². The number of H-pyrrole nitrogens is 1. The van der Waals surface area contributed by atoms with Gasteiger partial charge in [0, 0.05) is 23.9 Å². The lowest BCUT2D eigenvalue weighted by Crippen LogP contribution is -2.42. The fourth-order valence-corrected chi connectivity index (χ4v) is 3.65. The molecule has 1 aliphatic rings. The normalized spacial score (nSPS) is 14.1. The predicted octanol–water partition coefficient (Wildman–Crippen LogP) is 0.291. The van der Waals surface area contributed by atoms with Gasteiger partial charge in [-0.05, 0) is 6.07 Å². The third kappa shape index (κ3) is 3.57. The van der Waals surface area contributed by atoms with E-state index < -0.39 is 17.4 Å². The molecule has 0 atom stereocenters. The zero-order valence-electron chi connectivity index (χ0n) is 14.6. The van der Waals surface area contributed by atoms with Gasteiger partial charge in [0.25, 0.3) is 17.4 Å². The van der Waals surface area contributed by atoms with E-state index in [1.54, 1.807) is 29.6 Å². The summed E-state index contributed by atoms with van der Waals surface area (Å²) in [5, 5.41) is 9.15. The third-order valence-electron chi connectivity index (χ3n) is 4.21. The third-order valence-corrected chi connectivity index (χ3v) is 5.11. The number of benzene rings is 1. The minimum Gasteiger partial charge on any atom is -0.378 e. The van der Waals surface area contributed by atoms with E-state index in [4.69, 9.17) is 4.74 Å². The summed E-state index contributed by atoms with van der Waals surface area (Å²) in [6.07, 6.45) is 0. The lowest BCUT2D eigenvalue weighted by molar-refractivity contribution is 0.0842. The van der Waals surface area contributed by atoms with E-state index in [9.17, 15) is 14.4 Å². The molecule has 3 N–H and O–H groups in total. The molecule has 3 heterocycles. The SMILES string of the molecule is O=C(NNC(=O)c1n[nH]c(=O)c2ccccc12)c1csc(N2CCOCC2)n1. The lowest BCUT2D eigenvalue weighted by Gasteiger charge is -2.25. The molecule has 4 rings (SSSR count). The highest BCUT2D eigenvalue weighted by atomic mass is 32.1. The number of ether oxygens (including phenoxy) is 1. The number of hydrazine groups is 1. The first-order valence-corrected chi connectivity index (χ1v) is 9.38. The first-order valence-electron chi connectivity index (χ1n) is 8.50. The molecule has 11 heteroatoms. The molecule has 0 aliphatic carbocycles. The molecule has 1 fully saturated rings. The first kappa shape index (κ1) is 18.1. The molecule has 2 aromatic heterocycles. The number of nitrogens with one attached hydrogen (secondary N) is 3. The molecule has 28 heavy (non-hydrogen) atoms. The highest BCUT2D eigenvalue weighted by molar-refractivity contribution is 7.13. The second-order valence-corrected chi connectivity index (χ2v) is 6.81. The molecule has 10 nitrogen and oxygen atoms in total. The van der Waals surface area contributed by atoms with Gasteiger partial charge in [-0.25, -0.2) is 10.1 Å². The Labute approximate surface area is 162 Å². The maximum atomic E-state index is 12.4. The molecule has 2 amide bonds. The van der Waals surface area contributed by atoms with Gasteiger partial charge in [0.15, 0.2) is 10.8 Å². The number of hydrogen-bond acceptors (Lipinski definition) is 8. The molecule has 0 bridgehead atoms. The van der Waals surface area contributed by atoms with Crippen LogP contribution < -0.4 is 21.3 Å². The minimum absolute atomic E-state index is 0.00258. The number of fused-ring (bicyclic) bond motifs is 1. The van der Waals surface area contributed by atoms with Gasteiger partial charge in [-0.3, -0.25) is 25.2 Å². The summed E-state index contributed by atoms with van der Waals surface area (Å²) in [5.41, 5.74) is 4.44. The van der Waals surface area contributed by atoms with Crippen molar-refractivity contribution in [3.63, 3.8) is 0 Å². The van der Waals surface area contributed by atoms with Crippen molar-refractivity contribution >= 4 is 39.1 Å². The van der Waals surface area contributed by atoms with E-state index in [1.165, 1.54) is 11.3 Å². The number of aromatic amines is 1. The number of rotatable bonds is 3. The van der Waals surface area contributed by atoms with Gasteiger partial charge in [0.2, 0.25) is 0 Å². The van der Waals surface area contributed by atoms with E-state index in [1.807, 2.05) is 4.90 Å². The summed E-state index contributed by atoms with van der Waals surface area (Å²) >= 11 is 1.35. The largest absolute Gasteiger partial charge is 0.378 e. The van der Waals surface area contributed by atoms with Gasteiger partial charge in [0.1, 0.15) is 5.69 Å². The van der Waals surface area contributed by atoms with Crippen molar-refractivity contribution in [2.45, 2.75) is 0 Å². The van der Waals surface area contributed by atoms with E-state index in [-0.39, 0.29) is 11.4 Å². The standard InChI is InChI=1S/C17H16N6O4S/c24-14-11-4-2-1-3-10(11)13(19-20-14)16(26)22-21-15(25)12-9-28-17(18-12)23-5-7-27-8-6-23/h1-4,9H,5-8H2,(H,20,24)(H,21,25)(H,22,26). The molecule has 0 unspecified atom stereocenters. The van der Waals surface area contributed by atoms with Crippen LogP contribution in [-0.2, 0) is 4.74 Å². The Bertz CT molecular complexity index is 1090. The van der Waals surface area contributed by atoms with Crippen molar-refractivity contribution in [3.8, 4) is 0 Å². The van der Waals surface area contributed by atoms with Crippen molar-refractivity contribution in [2.75, 3.05) is 31.2 Å². The molecule has 1 aromatic carbocycles. The van der Waals surface area contributed by atoms with Crippen LogP contribution in [0.15, 0.2) is 34.4 Å². The molecule has 0 saturated carbocycles. The number of hydrogen-bond donors (Lipinski definition) is 3. The summed E-state index contributed by atoms with van der Waals surface area (Å²) in [7, 11) is 0. The van der Waals surface area contributed by atoms with Crippen LogP contribution in [0.3, 0.4) is 0 Å². The van der Waals surface area contributed by atoms with Crippen molar-refractivity contribution in [2.24, 2.45) is 0 Å². The van der Waals surface area contributed by atoms with Gasteiger partial charge >= 0.3 is 0 Å². The minimum atomic E-state index is -0.649.